The fourth-order valence-electron chi connectivity index (χ4n) is 1.64. The van der Waals surface area contributed by atoms with E-state index in [1.54, 1.807) is 18.7 Å². The van der Waals surface area contributed by atoms with E-state index in [1.165, 1.54) is 16.0 Å². The van der Waals surface area contributed by atoms with Crippen LogP contribution in [0.15, 0.2) is 46.3 Å². The molecule has 0 amide bonds. The summed E-state index contributed by atoms with van der Waals surface area (Å²) in [5.74, 6) is 0. The third kappa shape index (κ3) is 3.12. The third-order valence-corrected chi connectivity index (χ3v) is 3.90. The first-order valence-corrected chi connectivity index (χ1v) is 6.77. The van der Waals surface area contributed by atoms with Crippen LogP contribution in [0, 0.1) is 13.8 Å². The number of aliphatic hydroxyl groups excluding tert-OH is 1. The van der Waals surface area contributed by atoms with Gasteiger partial charge >= 0.3 is 0 Å². The van der Waals surface area contributed by atoms with E-state index in [1.807, 2.05) is 18.3 Å². The smallest absolute Gasteiger partial charge is 0.0931 e. The minimum atomic E-state index is -0.509. The largest absolute Gasteiger partial charge is 0.387 e. The number of rotatable bonds is 3. The van der Waals surface area contributed by atoms with Crippen molar-refractivity contribution in [3.05, 3.63) is 53.3 Å². The van der Waals surface area contributed by atoms with Crippen LogP contribution < -0.4 is 0 Å². The average Bonchev–Trinajstić information content (AvgIpc) is 2.34. The molecule has 0 spiro atoms. The van der Waals surface area contributed by atoms with Gasteiger partial charge in [0.1, 0.15) is 0 Å². The van der Waals surface area contributed by atoms with E-state index in [4.69, 9.17) is 0 Å². The highest BCUT2D eigenvalue weighted by atomic mass is 32.2. The zero-order chi connectivity index (χ0) is 13.1. The number of aryl methyl sites for hydroxylation is 2. The Bertz CT molecular complexity index is 535. The van der Waals surface area contributed by atoms with Crippen molar-refractivity contribution in [2.45, 2.75) is 36.7 Å². The van der Waals surface area contributed by atoms with Gasteiger partial charge in [0.15, 0.2) is 0 Å². The zero-order valence-electron chi connectivity index (χ0n) is 10.8. The Hall–Kier alpha value is -1.32. The van der Waals surface area contributed by atoms with Gasteiger partial charge < -0.3 is 5.11 Å². The van der Waals surface area contributed by atoms with Gasteiger partial charge in [0.25, 0.3) is 0 Å². The van der Waals surface area contributed by atoms with Crippen LogP contribution in [0.2, 0.25) is 0 Å². The first-order valence-electron chi connectivity index (χ1n) is 5.95. The molecule has 0 aliphatic heterocycles. The van der Waals surface area contributed by atoms with Crippen molar-refractivity contribution in [2.75, 3.05) is 0 Å². The third-order valence-electron chi connectivity index (χ3n) is 2.76. The lowest BCUT2D eigenvalue weighted by Gasteiger charge is -2.08. The summed E-state index contributed by atoms with van der Waals surface area (Å²) in [6.45, 7) is 5.93. The molecule has 1 N–H and O–H groups in total. The normalized spacial score (nSPS) is 12.4. The molecule has 0 saturated heterocycles. The lowest BCUT2D eigenvalue weighted by atomic mass is 10.2. The predicted octanol–water partition coefficient (Wildman–Crippen LogP) is 3.90. The molecule has 3 heteroatoms. The lowest BCUT2D eigenvalue weighted by Crippen LogP contribution is -1.94. The van der Waals surface area contributed by atoms with Gasteiger partial charge in [0.05, 0.1) is 11.8 Å². The Kier molecular flexibility index (Phi) is 4.04. The van der Waals surface area contributed by atoms with E-state index in [0.29, 0.717) is 5.69 Å². The van der Waals surface area contributed by atoms with E-state index < -0.39 is 6.10 Å². The van der Waals surface area contributed by atoms with Gasteiger partial charge in [-0.2, -0.15) is 0 Å². The fourth-order valence-corrected chi connectivity index (χ4v) is 2.61. The summed E-state index contributed by atoms with van der Waals surface area (Å²) < 4.78 is 0. The molecular weight excluding hydrogens is 242 g/mol. The highest BCUT2D eigenvalue weighted by Gasteiger charge is 2.05. The summed E-state index contributed by atoms with van der Waals surface area (Å²) >= 11 is 1.70. The Morgan fingerprint density at radius 2 is 1.94 bits per heavy atom. The summed E-state index contributed by atoms with van der Waals surface area (Å²) in [5, 5.41) is 9.42. The van der Waals surface area contributed by atoms with Crippen molar-refractivity contribution >= 4 is 11.8 Å². The summed E-state index contributed by atoms with van der Waals surface area (Å²) in [7, 11) is 0. The fraction of sp³-hybridized carbons (Fsp3) is 0.267. The number of pyridine rings is 1. The molecule has 2 nitrogen and oxygen atoms in total. The number of hydrogen-bond donors (Lipinski definition) is 1. The van der Waals surface area contributed by atoms with Crippen molar-refractivity contribution < 1.29 is 5.11 Å². The van der Waals surface area contributed by atoms with Crippen LogP contribution in [-0.4, -0.2) is 10.1 Å². The Morgan fingerprint density at radius 1 is 1.17 bits per heavy atom. The van der Waals surface area contributed by atoms with Crippen LogP contribution in [0.25, 0.3) is 0 Å². The molecule has 0 aliphatic rings. The van der Waals surface area contributed by atoms with E-state index in [0.717, 1.165) is 4.90 Å². The first kappa shape index (κ1) is 13.1. The Balaban J connectivity index is 2.21. The van der Waals surface area contributed by atoms with Crippen LogP contribution >= 0.6 is 11.8 Å². The molecule has 0 unspecified atom stereocenters. The van der Waals surface area contributed by atoms with Crippen molar-refractivity contribution in [2.24, 2.45) is 0 Å². The molecule has 94 valence electrons. The lowest BCUT2D eigenvalue weighted by molar-refractivity contribution is 0.194. The molecule has 1 heterocycles. The molecule has 1 aromatic heterocycles. The van der Waals surface area contributed by atoms with Gasteiger partial charge in [-0.1, -0.05) is 23.9 Å². The number of nitrogens with zero attached hydrogens (tertiary/aromatic N) is 1. The summed E-state index contributed by atoms with van der Waals surface area (Å²) in [4.78, 5) is 6.60. The van der Waals surface area contributed by atoms with Gasteiger partial charge in [-0.15, -0.1) is 0 Å². The van der Waals surface area contributed by atoms with Crippen LogP contribution in [0.5, 0.6) is 0 Å². The number of aliphatic hydroxyl groups is 1. The molecule has 2 rings (SSSR count). The van der Waals surface area contributed by atoms with Crippen molar-refractivity contribution in [3.8, 4) is 0 Å². The maximum Gasteiger partial charge on any atom is 0.0931 e. The molecule has 0 bridgehead atoms. The maximum atomic E-state index is 9.42. The van der Waals surface area contributed by atoms with Gasteiger partial charge in [0.2, 0.25) is 0 Å². The molecule has 18 heavy (non-hydrogen) atoms. The maximum absolute atomic E-state index is 9.42. The molecule has 1 atom stereocenters. The van der Waals surface area contributed by atoms with Crippen LogP contribution in [0.1, 0.15) is 29.8 Å². The van der Waals surface area contributed by atoms with Crippen LogP contribution in [-0.2, 0) is 0 Å². The molecular formula is C15H17NOS. The van der Waals surface area contributed by atoms with Gasteiger partial charge in [0, 0.05) is 16.0 Å². The van der Waals surface area contributed by atoms with Crippen LogP contribution in [0.3, 0.4) is 0 Å². The van der Waals surface area contributed by atoms with Crippen LogP contribution in [0.4, 0.5) is 0 Å². The molecule has 0 aliphatic carbocycles. The minimum Gasteiger partial charge on any atom is -0.387 e. The summed E-state index contributed by atoms with van der Waals surface area (Å²) in [5.41, 5.74) is 3.24. The van der Waals surface area contributed by atoms with E-state index in [2.05, 4.69) is 37.0 Å². The number of benzene rings is 1. The number of hydrogen-bond acceptors (Lipinski definition) is 3. The second-order valence-electron chi connectivity index (χ2n) is 4.47. The minimum absolute atomic E-state index is 0.509. The Labute approximate surface area is 112 Å². The monoisotopic (exact) mass is 259 g/mol. The Morgan fingerprint density at radius 3 is 2.56 bits per heavy atom. The number of aromatic nitrogens is 1. The average molecular weight is 259 g/mol. The highest BCUT2D eigenvalue weighted by molar-refractivity contribution is 7.99. The molecule has 0 radical (unpaired) electrons. The first-order chi connectivity index (χ1) is 8.56. The summed E-state index contributed by atoms with van der Waals surface area (Å²) in [6.07, 6.45) is 1.30. The van der Waals surface area contributed by atoms with E-state index in [9.17, 15) is 5.11 Å². The molecule has 1 aromatic carbocycles. The predicted molar refractivity (Wildman–Crippen MR) is 74.9 cm³/mol. The molecule has 0 saturated carbocycles. The SMILES string of the molecule is Cc1ccc(C)c(Sc2ccc([C@@H](C)O)nc2)c1. The van der Waals surface area contributed by atoms with Crippen molar-refractivity contribution in [3.63, 3.8) is 0 Å². The van der Waals surface area contributed by atoms with E-state index in [-0.39, 0.29) is 0 Å². The second-order valence-corrected chi connectivity index (χ2v) is 5.58. The van der Waals surface area contributed by atoms with Crippen molar-refractivity contribution in [1.29, 1.82) is 0 Å². The molecule has 2 aromatic rings. The van der Waals surface area contributed by atoms with Gasteiger partial charge in [-0.05, 0) is 50.1 Å². The zero-order valence-corrected chi connectivity index (χ0v) is 11.7. The van der Waals surface area contributed by atoms with Crippen molar-refractivity contribution in [1.82, 2.24) is 4.98 Å². The standard InChI is InChI=1S/C15H17NOS/c1-10-4-5-11(2)15(8-10)18-13-6-7-14(12(3)17)16-9-13/h4-9,12,17H,1-3H3/t12-/m1/s1. The molecule has 0 fully saturated rings. The summed E-state index contributed by atoms with van der Waals surface area (Å²) in [6, 6.07) is 10.3. The highest BCUT2D eigenvalue weighted by Crippen LogP contribution is 2.30. The topological polar surface area (TPSA) is 33.1 Å². The van der Waals surface area contributed by atoms with Gasteiger partial charge in [-0.3, -0.25) is 4.98 Å². The van der Waals surface area contributed by atoms with E-state index >= 15 is 0 Å². The van der Waals surface area contributed by atoms with Gasteiger partial charge in [-0.25, -0.2) is 0 Å². The quantitative estimate of drug-likeness (QED) is 0.907. The second kappa shape index (κ2) is 5.55.